The number of urea groups is 1. The van der Waals surface area contributed by atoms with Crippen LogP contribution in [0.15, 0.2) is 0 Å². The van der Waals surface area contributed by atoms with E-state index in [0.717, 1.165) is 0 Å². The summed E-state index contributed by atoms with van der Waals surface area (Å²) >= 11 is 0. The summed E-state index contributed by atoms with van der Waals surface area (Å²) in [6, 6.07) is -4.31. The molecule has 2 rings (SSSR count). The highest BCUT2D eigenvalue weighted by molar-refractivity contribution is 6.37. The van der Waals surface area contributed by atoms with Gasteiger partial charge in [0.2, 0.25) is 17.6 Å². The number of ether oxygens (including phenoxy) is 1. The summed E-state index contributed by atoms with van der Waals surface area (Å²) in [6.45, 7) is 21.0. The van der Waals surface area contributed by atoms with Crippen molar-refractivity contribution < 1.29 is 33.5 Å². The van der Waals surface area contributed by atoms with Gasteiger partial charge in [0.25, 0.3) is 5.91 Å². The van der Waals surface area contributed by atoms with Crippen LogP contribution in [-0.4, -0.2) is 95.3 Å². The molecule has 5 N–H and O–H groups in total. The number of nitrogens with zero attached hydrogens (tertiary/aromatic N) is 2. The molecule has 0 aromatic heterocycles. The van der Waals surface area contributed by atoms with E-state index in [-0.39, 0.29) is 43.2 Å². The van der Waals surface area contributed by atoms with Crippen molar-refractivity contribution in [3.05, 3.63) is 0 Å². The second kappa shape index (κ2) is 14.1. The smallest absolute Gasteiger partial charge is 0.410 e. The Hall–Kier alpha value is -3.82. The average Bonchev–Trinajstić information content (AvgIpc) is 3.23. The normalized spacial score (nSPS) is 22.0. The number of likely N-dealkylation sites (tertiary alicyclic amines) is 1. The minimum atomic E-state index is -1.22. The van der Waals surface area contributed by atoms with Gasteiger partial charge in [0.1, 0.15) is 17.7 Å². The highest BCUT2D eigenvalue weighted by atomic mass is 16.6. The number of fused-ring (bicyclic) bond motifs is 1. The van der Waals surface area contributed by atoms with Gasteiger partial charge in [-0.05, 0) is 55.3 Å². The molecule has 0 bridgehead atoms. The second-order valence-corrected chi connectivity index (χ2v) is 16.6. The second-order valence-electron chi connectivity index (χ2n) is 16.6. The van der Waals surface area contributed by atoms with E-state index in [9.17, 15) is 28.8 Å². The molecule has 1 heterocycles. The number of ketones is 1. The summed E-state index contributed by atoms with van der Waals surface area (Å²) in [7, 11) is 1.59. The number of carbonyl (C=O) groups excluding carboxylic acids is 6. The largest absolute Gasteiger partial charge is 0.444 e. The first-order chi connectivity index (χ1) is 21.2. The summed E-state index contributed by atoms with van der Waals surface area (Å²) in [5.41, 5.74) is 3.07. The zero-order chi connectivity index (χ0) is 36.4. The van der Waals surface area contributed by atoms with Gasteiger partial charge in [0.05, 0.1) is 12.1 Å². The van der Waals surface area contributed by atoms with Crippen molar-refractivity contribution in [3.8, 4) is 12.3 Å². The van der Waals surface area contributed by atoms with Crippen molar-refractivity contribution >= 4 is 35.6 Å². The van der Waals surface area contributed by atoms with Crippen molar-refractivity contribution in [1.29, 1.82) is 0 Å². The number of hydrogen-bond acceptors (Lipinski definition) is 7. The third-order valence-corrected chi connectivity index (χ3v) is 9.11. The van der Waals surface area contributed by atoms with Crippen LogP contribution in [0.1, 0.15) is 89.0 Å². The molecule has 0 radical (unpaired) electrons. The third-order valence-electron chi connectivity index (χ3n) is 9.11. The number of hydrogen-bond donors (Lipinski definition) is 4. The van der Waals surface area contributed by atoms with E-state index in [0.29, 0.717) is 0 Å². The maximum Gasteiger partial charge on any atom is 0.410 e. The number of Topliss-reactive ketones (excluding diaryl/α,β-unsaturated/α-hetero) is 1. The summed E-state index contributed by atoms with van der Waals surface area (Å²) in [5.74, 6) is -0.946. The van der Waals surface area contributed by atoms with Gasteiger partial charge in [-0.1, -0.05) is 55.4 Å². The first-order valence-corrected chi connectivity index (χ1v) is 16.1. The Labute approximate surface area is 279 Å². The quantitative estimate of drug-likeness (QED) is 0.194. The molecular formula is C34H56N6O7. The highest BCUT2D eigenvalue weighted by Crippen LogP contribution is 2.65. The van der Waals surface area contributed by atoms with Gasteiger partial charge >= 0.3 is 12.1 Å². The molecule has 0 spiro atoms. The Morgan fingerprint density at radius 1 is 0.979 bits per heavy atom. The van der Waals surface area contributed by atoms with E-state index < -0.39 is 76.2 Å². The maximum absolute atomic E-state index is 14.3. The van der Waals surface area contributed by atoms with Crippen molar-refractivity contribution in [2.75, 3.05) is 20.1 Å². The van der Waals surface area contributed by atoms with E-state index in [2.05, 4.69) is 21.9 Å². The molecule has 47 heavy (non-hydrogen) atoms. The van der Waals surface area contributed by atoms with E-state index in [1.54, 1.807) is 27.8 Å². The molecule has 2 aliphatic rings. The van der Waals surface area contributed by atoms with Gasteiger partial charge < -0.3 is 36.2 Å². The van der Waals surface area contributed by atoms with Crippen LogP contribution in [0, 0.1) is 40.4 Å². The SMILES string of the molecule is C#CCCC(NC(=O)[C@@H]1[C@@H]2[C@H](CN1C(=O)[C@@H](NC(=O)N[C@H](CN(C)C(=O)OC(C)(C)C)C(C)(C)C)C(C)(C)C)C2(C)C)C(=O)C(N)=O. The fourth-order valence-electron chi connectivity index (χ4n) is 6.11. The molecule has 2 fully saturated rings. The lowest BCUT2D eigenvalue weighted by Crippen LogP contribution is -2.62. The van der Waals surface area contributed by atoms with Crippen molar-refractivity contribution in [1.82, 2.24) is 25.8 Å². The van der Waals surface area contributed by atoms with Gasteiger partial charge in [0, 0.05) is 26.6 Å². The number of primary amides is 1. The zero-order valence-corrected chi connectivity index (χ0v) is 30.2. The van der Waals surface area contributed by atoms with E-state index in [4.69, 9.17) is 16.9 Å². The number of nitrogens with one attached hydrogen (secondary N) is 3. The van der Waals surface area contributed by atoms with E-state index >= 15 is 0 Å². The highest BCUT2D eigenvalue weighted by Gasteiger charge is 2.70. The minimum absolute atomic E-state index is 0.0204. The standard InChI is InChI=1S/C34H56N6O7/c1-14-15-16-20(24(41)26(35)42)36-27(43)23-22-19(34(22,11)12)17-40(23)28(44)25(32(5,6)7)38-29(45)37-21(31(2,3)4)18-39(13)30(46)47-33(8,9)10/h1,19-23,25H,15-18H2,2-13H3,(H2,35,42)(H,36,43)(H2,37,38,45)/t19-,20?,21+,22-,23-,25+/m0/s1. The summed E-state index contributed by atoms with van der Waals surface area (Å²) < 4.78 is 5.47. The topological polar surface area (TPSA) is 180 Å². The molecule has 1 saturated carbocycles. The number of terminal acetylenes is 1. The van der Waals surface area contributed by atoms with Crippen LogP contribution in [0.4, 0.5) is 9.59 Å². The Balaban J connectivity index is 2.31. The average molecular weight is 661 g/mol. The van der Waals surface area contributed by atoms with Gasteiger partial charge in [0.15, 0.2) is 0 Å². The number of piperidine rings is 1. The Morgan fingerprint density at radius 3 is 2.02 bits per heavy atom. The zero-order valence-electron chi connectivity index (χ0n) is 30.2. The fraction of sp³-hybridized carbons (Fsp3) is 0.765. The summed E-state index contributed by atoms with van der Waals surface area (Å²) in [5, 5.41) is 8.42. The van der Waals surface area contributed by atoms with Crippen molar-refractivity contribution in [3.63, 3.8) is 0 Å². The molecule has 13 nitrogen and oxygen atoms in total. The molecule has 0 aromatic rings. The van der Waals surface area contributed by atoms with Gasteiger partial charge in [-0.3, -0.25) is 19.2 Å². The van der Waals surface area contributed by atoms with Crippen LogP contribution in [-0.2, 0) is 23.9 Å². The van der Waals surface area contributed by atoms with E-state index in [1.807, 2.05) is 55.4 Å². The van der Waals surface area contributed by atoms with Crippen LogP contribution in [0.2, 0.25) is 0 Å². The predicted molar refractivity (Wildman–Crippen MR) is 177 cm³/mol. The van der Waals surface area contributed by atoms with Crippen LogP contribution in [0.25, 0.3) is 0 Å². The van der Waals surface area contributed by atoms with E-state index in [1.165, 1.54) is 9.80 Å². The number of likely N-dealkylation sites (N-methyl/N-ethyl adjacent to an activating group) is 1. The van der Waals surface area contributed by atoms with Crippen molar-refractivity contribution in [2.45, 2.75) is 119 Å². The molecule has 1 aliphatic heterocycles. The third kappa shape index (κ3) is 9.84. The molecule has 0 aromatic carbocycles. The lowest BCUT2D eigenvalue weighted by Gasteiger charge is -2.39. The molecule has 1 unspecified atom stereocenters. The number of rotatable bonds is 11. The van der Waals surface area contributed by atoms with Crippen molar-refractivity contribution in [2.24, 2.45) is 33.8 Å². The van der Waals surface area contributed by atoms with Crippen LogP contribution < -0.4 is 21.7 Å². The lowest BCUT2D eigenvalue weighted by atomic mass is 9.85. The van der Waals surface area contributed by atoms with Crippen LogP contribution in [0.3, 0.4) is 0 Å². The lowest BCUT2D eigenvalue weighted by molar-refractivity contribution is -0.145. The first-order valence-electron chi connectivity index (χ1n) is 16.1. The van der Waals surface area contributed by atoms with Crippen LogP contribution >= 0.6 is 0 Å². The Kier molecular flexibility index (Phi) is 11.8. The summed E-state index contributed by atoms with van der Waals surface area (Å²) in [6.07, 6.45) is 4.97. The van der Waals surface area contributed by atoms with Gasteiger partial charge in [-0.25, -0.2) is 9.59 Å². The molecule has 1 saturated heterocycles. The first kappa shape index (κ1) is 39.4. The molecule has 6 atom stereocenters. The Bertz CT molecular complexity index is 1280. The summed E-state index contributed by atoms with van der Waals surface area (Å²) in [4.78, 5) is 81.3. The number of nitrogens with two attached hydrogens (primary N) is 1. The number of carbonyl (C=O) groups is 6. The maximum atomic E-state index is 14.3. The van der Waals surface area contributed by atoms with Gasteiger partial charge in [-0.15, -0.1) is 12.3 Å². The number of amides is 6. The molecule has 1 aliphatic carbocycles. The van der Waals surface area contributed by atoms with Gasteiger partial charge in [-0.2, -0.15) is 0 Å². The molecule has 6 amide bonds. The minimum Gasteiger partial charge on any atom is -0.444 e. The van der Waals surface area contributed by atoms with Crippen LogP contribution in [0.5, 0.6) is 0 Å². The molecular weight excluding hydrogens is 604 g/mol. The predicted octanol–water partition coefficient (Wildman–Crippen LogP) is 2.42. The molecule has 13 heteroatoms. The Morgan fingerprint density at radius 2 is 1.55 bits per heavy atom. The fourth-order valence-corrected chi connectivity index (χ4v) is 6.11. The molecule has 264 valence electrons. The monoisotopic (exact) mass is 660 g/mol.